The third-order valence-corrected chi connectivity index (χ3v) is 3.26. The normalized spacial score (nSPS) is 13.7. The zero-order valence-electron chi connectivity index (χ0n) is 8.88. The molecule has 2 N–H and O–H groups in total. The Morgan fingerprint density at radius 2 is 2.07 bits per heavy atom. The summed E-state index contributed by atoms with van der Waals surface area (Å²) >= 11 is 6.74. The Labute approximate surface area is 107 Å². The van der Waals surface area contributed by atoms with E-state index >= 15 is 0 Å². The van der Waals surface area contributed by atoms with Gasteiger partial charge in [-0.25, -0.2) is 4.98 Å². The monoisotopic (exact) mass is 336 g/mol. The minimum Gasteiger partial charge on any atom is -0.388 e. The number of aliphatic hydroxyl groups is 1. The first-order chi connectivity index (χ1) is 6.80. The molecule has 1 unspecified atom stereocenters. The highest BCUT2D eigenvalue weighted by molar-refractivity contribution is 9.11. The van der Waals surface area contributed by atoms with Gasteiger partial charge in [0.15, 0.2) is 0 Å². The molecule has 0 amide bonds. The molecule has 3 nitrogen and oxygen atoms in total. The second-order valence-electron chi connectivity index (χ2n) is 4.00. The first kappa shape index (κ1) is 12.9. The number of anilines is 1. The lowest BCUT2D eigenvalue weighted by Gasteiger charge is -2.27. The average molecular weight is 338 g/mol. The lowest BCUT2D eigenvalue weighted by molar-refractivity contribution is 0.0647. The van der Waals surface area contributed by atoms with E-state index in [4.69, 9.17) is 0 Å². The lowest BCUT2D eigenvalue weighted by Crippen LogP contribution is -2.39. The van der Waals surface area contributed by atoms with Crippen LogP contribution < -0.4 is 5.32 Å². The second kappa shape index (κ2) is 4.80. The average Bonchev–Trinajstić information content (AvgIpc) is 2.08. The quantitative estimate of drug-likeness (QED) is 0.890. The zero-order valence-corrected chi connectivity index (χ0v) is 12.1. The van der Waals surface area contributed by atoms with Crippen LogP contribution in [0.15, 0.2) is 21.2 Å². The SMILES string of the molecule is CC(Nc1ncc(Br)cc1Br)C(C)(C)O. The minimum atomic E-state index is -0.784. The van der Waals surface area contributed by atoms with Crippen molar-refractivity contribution in [1.82, 2.24) is 4.98 Å². The first-order valence-corrected chi connectivity index (χ1v) is 6.19. The highest BCUT2D eigenvalue weighted by Gasteiger charge is 2.22. The molecule has 0 aliphatic heterocycles. The Morgan fingerprint density at radius 1 is 1.47 bits per heavy atom. The summed E-state index contributed by atoms with van der Waals surface area (Å²) in [5.74, 6) is 0.729. The Kier molecular flexibility index (Phi) is 4.14. The summed E-state index contributed by atoms with van der Waals surface area (Å²) in [4.78, 5) is 4.22. The van der Waals surface area contributed by atoms with Crippen LogP contribution in [0.4, 0.5) is 5.82 Å². The van der Waals surface area contributed by atoms with Crippen LogP contribution in [0, 0.1) is 0 Å². The molecule has 0 saturated carbocycles. The summed E-state index contributed by atoms with van der Waals surface area (Å²) in [5, 5.41) is 12.9. The number of halogens is 2. The molecule has 1 heterocycles. The van der Waals surface area contributed by atoms with Gasteiger partial charge in [0.25, 0.3) is 0 Å². The van der Waals surface area contributed by atoms with Crippen molar-refractivity contribution in [3.8, 4) is 0 Å². The van der Waals surface area contributed by atoms with Gasteiger partial charge in [-0.15, -0.1) is 0 Å². The number of hydrogen-bond acceptors (Lipinski definition) is 3. The van der Waals surface area contributed by atoms with Crippen LogP contribution in [-0.4, -0.2) is 21.7 Å². The summed E-state index contributed by atoms with van der Waals surface area (Å²) in [5.41, 5.74) is -0.784. The maximum atomic E-state index is 9.78. The van der Waals surface area contributed by atoms with E-state index in [1.165, 1.54) is 0 Å². The van der Waals surface area contributed by atoms with Crippen LogP contribution in [0.2, 0.25) is 0 Å². The van der Waals surface area contributed by atoms with E-state index in [2.05, 4.69) is 42.2 Å². The molecule has 0 saturated heterocycles. The molecular weight excluding hydrogens is 324 g/mol. The molecule has 0 fully saturated rings. The Hall–Kier alpha value is -0.130. The maximum absolute atomic E-state index is 9.78. The molecule has 0 bridgehead atoms. The minimum absolute atomic E-state index is 0.0810. The third-order valence-electron chi connectivity index (χ3n) is 2.22. The van der Waals surface area contributed by atoms with Gasteiger partial charge < -0.3 is 10.4 Å². The predicted octanol–water partition coefficient (Wildman–Crippen LogP) is 3.18. The van der Waals surface area contributed by atoms with Gasteiger partial charge in [-0.05, 0) is 58.7 Å². The van der Waals surface area contributed by atoms with Gasteiger partial charge in [-0.1, -0.05) is 0 Å². The van der Waals surface area contributed by atoms with E-state index in [0.717, 1.165) is 14.8 Å². The third kappa shape index (κ3) is 3.74. The number of nitrogens with one attached hydrogen (secondary N) is 1. The van der Waals surface area contributed by atoms with Crippen LogP contribution in [0.25, 0.3) is 0 Å². The fraction of sp³-hybridized carbons (Fsp3) is 0.500. The largest absolute Gasteiger partial charge is 0.388 e. The summed E-state index contributed by atoms with van der Waals surface area (Å²) in [6.45, 7) is 5.44. The molecule has 1 aromatic heterocycles. The number of rotatable bonds is 3. The van der Waals surface area contributed by atoms with Crippen molar-refractivity contribution < 1.29 is 5.11 Å². The number of nitrogens with zero attached hydrogens (tertiary/aromatic N) is 1. The molecular formula is C10H14Br2N2O. The maximum Gasteiger partial charge on any atom is 0.140 e. The molecule has 1 atom stereocenters. The van der Waals surface area contributed by atoms with Gasteiger partial charge in [-0.2, -0.15) is 0 Å². The number of pyridine rings is 1. The van der Waals surface area contributed by atoms with Gasteiger partial charge in [0.2, 0.25) is 0 Å². The second-order valence-corrected chi connectivity index (χ2v) is 5.77. The molecule has 1 rings (SSSR count). The van der Waals surface area contributed by atoms with Gasteiger partial charge in [0, 0.05) is 10.7 Å². The first-order valence-electron chi connectivity index (χ1n) is 4.60. The Balaban J connectivity index is 2.82. The van der Waals surface area contributed by atoms with Crippen molar-refractivity contribution in [2.45, 2.75) is 32.4 Å². The van der Waals surface area contributed by atoms with Crippen LogP contribution in [0.3, 0.4) is 0 Å². The van der Waals surface area contributed by atoms with Crippen LogP contribution in [-0.2, 0) is 0 Å². The summed E-state index contributed by atoms with van der Waals surface area (Å²) < 4.78 is 1.78. The van der Waals surface area contributed by atoms with Gasteiger partial charge >= 0.3 is 0 Å². The fourth-order valence-electron chi connectivity index (χ4n) is 0.902. The zero-order chi connectivity index (χ0) is 11.6. The lowest BCUT2D eigenvalue weighted by atomic mass is 10.0. The highest BCUT2D eigenvalue weighted by Crippen LogP contribution is 2.25. The highest BCUT2D eigenvalue weighted by atomic mass is 79.9. The van der Waals surface area contributed by atoms with Crippen molar-refractivity contribution in [2.75, 3.05) is 5.32 Å². The molecule has 84 valence electrons. The predicted molar refractivity (Wildman–Crippen MR) is 69.0 cm³/mol. The van der Waals surface area contributed by atoms with Crippen molar-refractivity contribution in [3.05, 3.63) is 21.2 Å². The number of aromatic nitrogens is 1. The van der Waals surface area contributed by atoms with Gasteiger partial charge in [-0.3, -0.25) is 0 Å². The topological polar surface area (TPSA) is 45.2 Å². The molecule has 0 aromatic carbocycles. The summed E-state index contributed by atoms with van der Waals surface area (Å²) in [7, 11) is 0. The van der Waals surface area contributed by atoms with Gasteiger partial charge in [0.1, 0.15) is 5.82 Å². The van der Waals surface area contributed by atoms with E-state index in [1.807, 2.05) is 13.0 Å². The summed E-state index contributed by atoms with van der Waals surface area (Å²) in [6.07, 6.45) is 1.71. The van der Waals surface area contributed by atoms with Crippen molar-refractivity contribution in [2.24, 2.45) is 0 Å². The van der Waals surface area contributed by atoms with E-state index in [1.54, 1.807) is 20.0 Å². The smallest absolute Gasteiger partial charge is 0.140 e. The molecule has 0 aliphatic rings. The molecule has 0 spiro atoms. The van der Waals surface area contributed by atoms with Crippen LogP contribution in [0.5, 0.6) is 0 Å². The molecule has 5 heteroatoms. The van der Waals surface area contributed by atoms with Crippen LogP contribution >= 0.6 is 31.9 Å². The van der Waals surface area contributed by atoms with Gasteiger partial charge in [0.05, 0.1) is 16.1 Å². The molecule has 1 aromatic rings. The standard InChI is InChI=1S/C10H14Br2N2O/c1-6(10(2,3)15)14-9-8(12)4-7(11)5-13-9/h4-6,15H,1-3H3,(H,13,14). The molecule has 15 heavy (non-hydrogen) atoms. The van der Waals surface area contributed by atoms with Crippen molar-refractivity contribution in [1.29, 1.82) is 0 Å². The van der Waals surface area contributed by atoms with Crippen molar-refractivity contribution in [3.63, 3.8) is 0 Å². The fourth-order valence-corrected chi connectivity index (χ4v) is 2.00. The number of hydrogen-bond donors (Lipinski definition) is 2. The van der Waals surface area contributed by atoms with E-state index < -0.39 is 5.60 Å². The molecule has 0 aliphatic carbocycles. The summed E-state index contributed by atoms with van der Waals surface area (Å²) in [6, 6.07) is 1.83. The van der Waals surface area contributed by atoms with E-state index in [9.17, 15) is 5.11 Å². The van der Waals surface area contributed by atoms with Crippen LogP contribution in [0.1, 0.15) is 20.8 Å². The van der Waals surface area contributed by atoms with E-state index in [-0.39, 0.29) is 6.04 Å². The Morgan fingerprint density at radius 3 is 2.53 bits per heavy atom. The van der Waals surface area contributed by atoms with E-state index in [0.29, 0.717) is 0 Å². The molecule has 0 radical (unpaired) electrons. The van der Waals surface area contributed by atoms with Crippen molar-refractivity contribution >= 4 is 37.7 Å². The Bertz CT molecular complexity index is 350.